The molecular formula is C22H19N7O2. The van der Waals surface area contributed by atoms with Crippen LogP contribution in [0.4, 0.5) is 6.01 Å². The number of benzene rings is 1. The maximum Gasteiger partial charge on any atom is 0.292 e. The van der Waals surface area contributed by atoms with Crippen LogP contribution in [0.2, 0.25) is 0 Å². The number of oxazole rings is 1. The lowest BCUT2D eigenvalue weighted by atomic mass is 10.1. The molecule has 154 valence electrons. The first-order chi connectivity index (χ1) is 15.2. The van der Waals surface area contributed by atoms with Gasteiger partial charge >= 0.3 is 0 Å². The average molecular weight is 413 g/mol. The Kier molecular flexibility index (Phi) is 3.82. The second-order valence-corrected chi connectivity index (χ2v) is 7.70. The minimum Gasteiger partial charge on any atom is -0.424 e. The molecule has 1 aromatic carbocycles. The maximum atomic E-state index is 13.3. The van der Waals surface area contributed by atoms with Gasteiger partial charge in [0, 0.05) is 31.7 Å². The van der Waals surface area contributed by atoms with Crippen molar-refractivity contribution in [2.75, 3.05) is 18.8 Å². The third-order valence-corrected chi connectivity index (χ3v) is 5.81. The van der Waals surface area contributed by atoms with Gasteiger partial charge in [-0.25, -0.2) is 4.98 Å². The van der Waals surface area contributed by atoms with Crippen LogP contribution in [-0.4, -0.2) is 48.0 Å². The van der Waals surface area contributed by atoms with E-state index in [0.717, 1.165) is 23.2 Å². The van der Waals surface area contributed by atoms with Gasteiger partial charge in [0.1, 0.15) is 16.9 Å². The van der Waals surface area contributed by atoms with E-state index < -0.39 is 0 Å². The van der Waals surface area contributed by atoms with Crippen molar-refractivity contribution in [1.82, 2.24) is 29.0 Å². The highest BCUT2D eigenvalue weighted by atomic mass is 16.4. The minimum absolute atomic E-state index is 0.0287. The van der Waals surface area contributed by atoms with Crippen LogP contribution in [0, 0.1) is 0 Å². The van der Waals surface area contributed by atoms with E-state index in [2.05, 4.69) is 15.1 Å². The molecule has 0 spiro atoms. The number of hydrogen-bond acceptors (Lipinski definition) is 6. The topological polar surface area (TPSA) is 107 Å². The molecule has 0 saturated carbocycles. The second-order valence-electron chi connectivity index (χ2n) is 7.70. The van der Waals surface area contributed by atoms with E-state index in [1.54, 1.807) is 12.4 Å². The molecule has 1 amide bonds. The van der Waals surface area contributed by atoms with Crippen LogP contribution in [0.25, 0.3) is 27.9 Å². The highest BCUT2D eigenvalue weighted by Crippen LogP contribution is 2.27. The van der Waals surface area contributed by atoms with Crippen LogP contribution in [-0.2, 0) is 0 Å². The Labute approximate surface area is 176 Å². The number of anilines is 1. The molecule has 9 nitrogen and oxygen atoms in total. The predicted octanol–water partition coefficient (Wildman–Crippen LogP) is 3.01. The third kappa shape index (κ3) is 2.93. The quantitative estimate of drug-likeness (QED) is 0.487. The highest BCUT2D eigenvalue weighted by molar-refractivity contribution is 5.93. The number of aromatic nitrogens is 5. The first-order valence-electron chi connectivity index (χ1n) is 10.1. The summed E-state index contributed by atoms with van der Waals surface area (Å²) in [7, 11) is 0. The van der Waals surface area contributed by atoms with E-state index in [-0.39, 0.29) is 18.0 Å². The Bertz CT molecular complexity index is 1420. The molecule has 2 N–H and O–H groups in total. The lowest BCUT2D eigenvalue weighted by Gasteiger charge is -2.16. The largest absolute Gasteiger partial charge is 0.424 e. The van der Waals surface area contributed by atoms with Gasteiger partial charge < -0.3 is 15.1 Å². The standard InChI is InChI=1S/C22H19N7O2/c23-22-26-17-10-14(2-4-19(17)31-22)15-3-5-20-24-11-18(28(20)12-15)21(30)27-9-6-16(13-27)29-8-1-7-25-29/h1-5,7-8,10-12,16H,6,9,13H2,(H2,23,26). The number of nitrogens with zero attached hydrogens (tertiary/aromatic N) is 6. The van der Waals surface area contributed by atoms with Gasteiger partial charge in [-0.2, -0.15) is 10.1 Å². The third-order valence-electron chi connectivity index (χ3n) is 5.81. The molecule has 0 bridgehead atoms. The zero-order chi connectivity index (χ0) is 20.9. The Morgan fingerprint density at radius 3 is 2.97 bits per heavy atom. The Balaban J connectivity index is 1.33. The zero-order valence-corrected chi connectivity index (χ0v) is 16.5. The molecule has 9 heteroatoms. The van der Waals surface area contributed by atoms with Crippen LogP contribution >= 0.6 is 0 Å². The fourth-order valence-electron chi connectivity index (χ4n) is 4.24. The van der Waals surface area contributed by atoms with E-state index in [1.807, 2.05) is 62.8 Å². The van der Waals surface area contributed by atoms with Crippen LogP contribution in [0.3, 0.4) is 0 Å². The van der Waals surface area contributed by atoms with Crippen LogP contribution in [0.5, 0.6) is 0 Å². The Morgan fingerprint density at radius 2 is 2.10 bits per heavy atom. The lowest BCUT2D eigenvalue weighted by molar-refractivity contribution is 0.0780. The summed E-state index contributed by atoms with van der Waals surface area (Å²) in [4.78, 5) is 23.8. The maximum absolute atomic E-state index is 13.3. The van der Waals surface area contributed by atoms with Gasteiger partial charge in [-0.15, -0.1) is 0 Å². The number of amides is 1. The summed E-state index contributed by atoms with van der Waals surface area (Å²) in [5.74, 6) is -0.0287. The molecule has 5 heterocycles. The van der Waals surface area contributed by atoms with E-state index in [0.29, 0.717) is 29.9 Å². The fraction of sp³-hybridized carbons (Fsp3) is 0.182. The van der Waals surface area contributed by atoms with Crippen LogP contribution in [0.1, 0.15) is 23.0 Å². The predicted molar refractivity (Wildman–Crippen MR) is 114 cm³/mol. The number of nitrogens with two attached hydrogens (primary N) is 1. The van der Waals surface area contributed by atoms with Crippen molar-refractivity contribution in [3.05, 3.63) is 66.9 Å². The molecule has 1 fully saturated rings. The first-order valence-corrected chi connectivity index (χ1v) is 10.1. The van der Waals surface area contributed by atoms with Gasteiger partial charge in [0.2, 0.25) is 0 Å². The molecule has 0 radical (unpaired) electrons. The molecule has 0 aliphatic carbocycles. The average Bonchev–Trinajstić information content (AvgIpc) is 3.57. The molecule has 1 atom stereocenters. The van der Waals surface area contributed by atoms with Crippen molar-refractivity contribution >= 4 is 28.7 Å². The molecular weight excluding hydrogens is 394 g/mol. The molecule has 1 unspecified atom stereocenters. The number of rotatable bonds is 3. The van der Waals surface area contributed by atoms with Crippen molar-refractivity contribution in [2.45, 2.75) is 12.5 Å². The Hall–Kier alpha value is -4.14. The van der Waals surface area contributed by atoms with Crippen molar-refractivity contribution < 1.29 is 9.21 Å². The molecule has 1 aliphatic heterocycles. The molecule has 4 aromatic heterocycles. The van der Waals surface area contributed by atoms with Crippen LogP contribution in [0.15, 0.2) is 65.6 Å². The van der Waals surface area contributed by atoms with E-state index in [9.17, 15) is 4.79 Å². The molecule has 6 rings (SSSR count). The lowest BCUT2D eigenvalue weighted by Crippen LogP contribution is -2.30. The van der Waals surface area contributed by atoms with Crippen molar-refractivity contribution in [3.63, 3.8) is 0 Å². The summed E-state index contributed by atoms with van der Waals surface area (Å²) >= 11 is 0. The summed E-state index contributed by atoms with van der Waals surface area (Å²) in [6, 6.07) is 11.8. The van der Waals surface area contributed by atoms with Gasteiger partial charge in [-0.1, -0.05) is 6.07 Å². The molecule has 31 heavy (non-hydrogen) atoms. The molecule has 1 saturated heterocycles. The van der Waals surface area contributed by atoms with Crippen molar-refractivity contribution in [3.8, 4) is 11.1 Å². The summed E-state index contributed by atoms with van der Waals surface area (Å²) < 4.78 is 9.13. The fourth-order valence-corrected chi connectivity index (χ4v) is 4.24. The summed E-state index contributed by atoms with van der Waals surface area (Å²) in [5, 5.41) is 4.31. The van der Waals surface area contributed by atoms with Gasteiger partial charge in [0.15, 0.2) is 5.58 Å². The minimum atomic E-state index is -0.0287. The normalized spacial score (nSPS) is 16.5. The van der Waals surface area contributed by atoms with Crippen molar-refractivity contribution in [2.24, 2.45) is 0 Å². The number of nitrogen functional groups attached to an aromatic ring is 1. The van der Waals surface area contributed by atoms with E-state index >= 15 is 0 Å². The number of carbonyl (C=O) groups excluding carboxylic acids is 1. The van der Waals surface area contributed by atoms with E-state index in [1.165, 1.54) is 0 Å². The number of imidazole rings is 1. The second kappa shape index (κ2) is 6.69. The van der Waals surface area contributed by atoms with Crippen molar-refractivity contribution in [1.29, 1.82) is 0 Å². The number of likely N-dealkylation sites (tertiary alicyclic amines) is 1. The van der Waals surface area contributed by atoms with Gasteiger partial charge in [0.25, 0.3) is 11.9 Å². The zero-order valence-electron chi connectivity index (χ0n) is 16.5. The number of pyridine rings is 1. The van der Waals surface area contributed by atoms with Gasteiger partial charge in [0.05, 0.1) is 12.2 Å². The summed E-state index contributed by atoms with van der Waals surface area (Å²) in [6.45, 7) is 1.33. The van der Waals surface area contributed by atoms with Crippen LogP contribution < -0.4 is 5.73 Å². The van der Waals surface area contributed by atoms with Gasteiger partial charge in [-0.05, 0) is 47.9 Å². The molecule has 1 aliphatic rings. The Morgan fingerprint density at radius 1 is 1.19 bits per heavy atom. The number of carbonyl (C=O) groups is 1. The van der Waals surface area contributed by atoms with E-state index in [4.69, 9.17) is 10.2 Å². The highest BCUT2D eigenvalue weighted by Gasteiger charge is 2.29. The number of fused-ring (bicyclic) bond motifs is 2. The summed E-state index contributed by atoms with van der Waals surface area (Å²) in [5.41, 5.74) is 10.2. The monoisotopic (exact) mass is 413 g/mol. The SMILES string of the molecule is Nc1nc2cc(-c3ccc4ncc(C(=O)N5CCC(n6cccn6)C5)n4c3)ccc2o1. The first kappa shape index (κ1) is 17.7. The summed E-state index contributed by atoms with van der Waals surface area (Å²) in [6.07, 6.45) is 8.17. The molecule has 5 aromatic rings. The number of hydrogen-bond donors (Lipinski definition) is 1. The smallest absolute Gasteiger partial charge is 0.292 e. The van der Waals surface area contributed by atoms with Gasteiger partial charge in [-0.3, -0.25) is 13.9 Å².